The number of pyridine rings is 1. The Labute approximate surface area is 341 Å². The lowest BCUT2D eigenvalue weighted by Crippen LogP contribution is -2.60. The minimum absolute atomic E-state index is 0.107. The Morgan fingerprint density at radius 3 is 2.55 bits per heavy atom. The van der Waals surface area contributed by atoms with Crippen molar-refractivity contribution in [1.82, 2.24) is 14.8 Å². The molecule has 4 aliphatic rings. The van der Waals surface area contributed by atoms with E-state index in [9.17, 15) is 23.9 Å². The number of aliphatic hydroxyl groups excluding tert-OH is 1. The molecule has 0 spiro atoms. The molecule has 2 aromatic rings. The number of esters is 1. The molecular formula is C44H59FN4O9. The molecule has 1 amide bonds. The van der Waals surface area contributed by atoms with E-state index in [0.29, 0.717) is 36.9 Å². The van der Waals surface area contributed by atoms with Crippen LogP contribution >= 0.6 is 0 Å². The first-order chi connectivity index (χ1) is 27.4. The van der Waals surface area contributed by atoms with Gasteiger partial charge in [0, 0.05) is 47.3 Å². The molecule has 0 aliphatic carbocycles. The lowest BCUT2D eigenvalue weighted by atomic mass is 9.73. The van der Waals surface area contributed by atoms with E-state index < -0.39 is 77.3 Å². The number of aliphatic imine (C=N–C) groups is 1. The molecule has 13 nitrogen and oxygen atoms in total. The van der Waals surface area contributed by atoms with Crippen LogP contribution in [0.2, 0.25) is 0 Å². The van der Waals surface area contributed by atoms with Crippen molar-refractivity contribution in [3.63, 3.8) is 0 Å². The molecule has 6 rings (SSSR count). The van der Waals surface area contributed by atoms with E-state index in [1.807, 2.05) is 53.6 Å². The Bertz CT molecular complexity index is 1970. The van der Waals surface area contributed by atoms with Gasteiger partial charge in [0.2, 0.25) is 0 Å². The van der Waals surface area contributed by atoms with Crippen LogP contribution in [0.4, 0.5) is 9.18 Å². The summed E-state index contributed by atoms with van der Waals surface area (Å²) in [5.41, 5.74) is -0.886. The fraction of sp³-hybridized carbons (Fsp3) is 0.659. The van der Waals surface area contributed by atoms with Crippen LogP contribution in [0.1, 0.15) is 80.2 Å². The molecule has 2 bridgehead atoms. The second-order valence-corrected chi connectivity index (χ2v) is 17.2. The molecule has 3 fully saturated rings. The van der Waals surface area contributed by atoms with Gasteiger partial charge in [-0.3, -0.25) is 24.5 Å². The number of ether oxygens (including phenoxy) is 5. The zero-order chi connectivity index (χ0) is 42.3. The molecule has 0 saturated carbocycles. The number of fused-ring (bicyclic) bond motifs is 2. The molecular weight excluding hydrogens is 748 g/mol. The summed E-state index contributed by atoms with van der Waals surface area (Å²) in [7, 11) is 3.76. The van der Waals surface area contributed by atoms with Gasteiger partial charge in [-0.25, -0.2) is 9.18 Å². The number of benzene rings is 1. The molecule has 1 aromatic heterocycles. The zero-order valence-electron chi connectivity index (χ0n) is 35.4. The monoisotopic (exact) mass is 806 g/mol. The number of aromatic nitrogens is 1. The van der Waals surface area contributed by atoms with Gasteiger partial charge in [-0.2, -0.15) is 0 Å². The van der Waals surface area contributed by atoms with Crippen LogP contribution in [0.3, 0.4) is 0 Å². The predicted octanol–water partition coefficient (Wildman–Crippen LogP) is 5.19. The normalized spacial score (nSPS) is 37.3. The van der Waals surface area contributed by atoms with Gasteiger partial charge in [0.05, 0.1) is 30.4 Å². The van der Waals surface area contributed by atoms with Gasteiger partial charge in [0.1, 0.15) is 36.1 Å². The Morgan fingerprint density at radius 1 is 1.10 bits per heavy atom. The van der Waals surface area contributed by atoms with E-state index in [0.717, 1.165) is 5.71 Å². The van der Waals surface area contributed by atoms with E-state index in [-0.39, 0.29) is 42.5 Å². The number of nitrogens with zero attached hydrogens (tertiary/aromatic N) is 4. The van der Waals surface area contributed by atoms with Crippen LogP contribution in [0, 0.1) is 41.3 Å². The van der Waals surface area contributed by atoms with Crippen molar-refractivity contribution in [2.75, 3.05) is 33.8 Å². The van der Waals surface area contributed by atoms with Crippen LogP contribution in [0.5, 0.6) is 0 Å². The third-order valence-electron chi connectivity index (χ3n) is 12.7. The standard InChI is InChI=1S/C44H59FN4O9/c1-11-33-44(8)38-26(4)34(46-17-18-49(38)42(53)58-44)24(2)22-43(7,54-19-13-14-29-21-30-15-12-16-31(45)35(30)47-23-29)39(27(5)36(50)28(6)40(52)56-33)57-41-37(51)32(48(9)10)20-25(3)55-41/h12,15-16,21,23-28,32-33,37-39,41,51H,11,17-20,22H2,1-10H3/t24-,25-,26+,27+,28-,32+,33+,37-,38-,39-,41+,43+,44-/m1/s1. The lowest BCUT2D eigenvalue weighted by Gasteiger charge is -2.47. The molecule has 1 N–H and O–H groups in total. The van der Waals surface area contributed by atoms with Crippen molar-refractivity contribution < 1.29 is 47.6 Å². The predicted molar refractivity (Wildman–Crippen MR) is 214 cm³/mol. The minimum Gasteiger partial charge on any atom is -0.458 e. The maximum atomic E-state index is 14.6. The number of carbonyl (C=O) groups excluding carboxylic acids is 3. The number of para-hydroxylation sites is 1. The highest BCUT2D eigenvalue weighted by Gasteiger charge is 2.60. The Kier molecular flexibility index (Phi) is 13.0. The van der Waals surface area contributed by atoms with Crippen molar-refractivity contribution in [2.45, 2.75) is 129 Å². The lowest BCUT2D eigenvalue weighted by molar-refractivity contribution is -0.296. The second kappa shape index (κ2) is 17.3. The SMILES string of the molecule is CC[C@@H]1OC(=O)[C@H](C)C(=O)[C@H](C)[C@@H](O[C@@H]2O[C@H](C)C[C@H](N(C)C)[C@H]2O)[C@@](C)(OCC#Cc2cnc3c(F)cccc3c2)C[C@@H](C)C2=NCCN3C(=O)O[C@@]1(C)[C@H]3[C@H]2C. The fourth-order valence-electron chi connectivity index (χ4n) is 9.78. The molecule has 14 heteroatoms. The van der Waals surface area contributed by atoms with Crippen molar-refractivity contribution >= 4 is 34.5 Å². The third-order valence-corrected chi connectivity index (χ3v) is 12.7. The van der Waals surface area contributed by atoms with Crippen molar-refractivity contribution in [2.24, 2.45) is 28.7 Å². The van der Waals surface area contributed by atoms with Crippen molar-refractivity contribution in [3.05, 3.63) is 41.8 Å². The average molecular weight is 807 g/mol. The van der Waals surface area contributed by atoms with Gasteiger partial charge in [0.25, 0.3) is 0 Å². The van der Waals surface area contributed by atoms with E-state index >= 15 is 0 Å². The summed E-state index contributed by atoms with van der Waals surface area (Å²) in [6.45, 7) is 15.2. The van der Waals surface area contributed by atoms with Gasteiger partial charge in [-0.05, 0) is 79.1 Å². The average Bonchev–Trinajstić information content (AvgIpc) is 3.30. The molecule has 0 unspecified atom stereocenters. The minimum atomic E-state index is -1.30. The first kappa shape index (κ1) is 43.6. The topological polar surface area (TPSA) is 149 Å². The molecule has 316 valence electrons. The van der Waals surface area contributed by atoms with Gasteiger partial charge < -0.3 is 33.7 Å². The number of ketones is 1. The van der Waals surface area contributed by atoms with E-state index in [1.54, 1.807) is 36.9 Å². The molecule has 5 heterocycles. The van der Waals surface area contributed by atoms with E-state index in [2.05, 4.69) is 16.8 Å². The number of aliphatic hydroxyl groups is 1. The summed E-state index contributed by atoms with van der Waals surface area (Å²) < 4.78 is 46.4. The first-order valence-corrected chi connectivity index (χ1v) is 20.5. The van der Waals surface area contributed by atoms with E-state index in [4.69, 9.17) is 28.7 Å². The summed E-state index contributed by atoms with van der Waals surface area (Å²) in [5.74, 6) is 1.74. The summed E-state index contributed by atoms with van der Waals surface area (Å²) in [5, 5.41) is 12.3. The summed E-state index contributed by atoms with van der Waals surface area (Å²) in [4.78, 5) is 55.0. The van der Waals surface area contributed by atoms with Crippen molar-refractivity contribution in [3.8, 4) is 11.8 Å². The second-order valence-electron chi connectivity index (χ2n) is 17.2. The smallest absolute Gasteiger partial charge is 0.410 e. The van der Waals surface area contributed by atoms with Gasteiger partial charge in [-0.1, -0.05) is 51.7 Å². The molecule has 13 atom stereocenters. The molecule has 4 aliphatic heterocycles. The quantitative estimate of drug-likeness (QED) is 0.234. The van der Waals surface area contributed by atoms with Crippen LogP contribution in [0.15, 0.2) is 35.5 Å². The van der Waals surface area contributed by atoms with E-state index in [1.165, 1.54) is 19.2 Å². The number of likely N-dealkylation sites (N-methyl/N-ethyl adjacent to an activating group) is 1. The summed E-state index contributed by atoms with van der Waals surface area (Å²) in [6, 6.07) is 5.68. The molecule has 1 aromatic carbocycles. The number of hydrogen-bond acceptors (Lipinski definition) is 12. The largest absolute Gasteiger partial charge is 0.458 e. The Balaban J connectivity index is 1.43. The van der Waals surface area contributed by atoms with Crippen LogP contribution in [0.25, 0.3) is 10.9 Å². The van der Waals surface area contributed by atoms with Gasteiger partial charge in [-0.15, -0.1) is 0 Å². The fourth-order valence-corrected chi connectivity index (χ4v) is 9.78. The number of amides is 1. The Morgan fingerprint density at radius 2 is 1.84 bits per heavy atom. The number of carbonyl (C=O) groups is 3. The number of cyclic esters (lactones) is 1. The highest BCUT2D eigenvalue weighted by Crippen LogP contribution is 2.44. The number of rotatable bonds is 6. The van der Waals surface area contributed by atoms with Crippen LogP contribution < -0.4 is 0 Å². The molecule has 0 radical (unpaired) electrons. The third kappa shape index (κ3) is 8.39. The van der Waals surface area contributed by atoms with Gasteiger partial charge >= 0.3 is 12.1 Å². The number of Topliss-reactive ketones (excluding diaryl/α,β-unsaturated/α-hetero) is 1. The van der Waals surface area contributed by atoms with Crippen LogP contribution in [-0.4, -0.2) is 131 Å². The molecule has 3 saturated heterocycles. The van der Waals surface area contributed by atoms with Crippen molar-refractivity contribution in [1.29, 1.82) is 0 Å². The number of hydrogen-bond donors (Lipinski definition) is 1. The highest BCUT2D eigenvalue weighted by atomic mass is 19.1. The Hall–Kier alpha value is -4.00. The number of halogens is 1. The molecule has 58 heavy (non-hydrogen) atoms. The maximum absolute atomic E-state index is 14.6. The summed E-state index contributed by atoms with van der Waals surface area (Å²) >= 11 is 0. The maximum Gasteiger partial charge on any atom is 0.410 e. The van der Waals surface area contributed by atoms with Crippen LogP contribution in [-0.2, 0) is 33.3 Å². The first-order valence-electron chi connectivity index (χ1n) is 20.5. The summed E-state index contributed by atoms with van der Waals surface area (Å²) in [6.07, 6.45) is -2.20. The van der Waals surface area contributed by atoms with Gasteiger partial charge in [0.15, 0.2) is 17.7 Å². The zero-order valence-corrected chi connectivity index (χ0v) is 35.4. The highest BCUT2D eigenvalue weighted by molar-refractivity contribution is 6.00.